The Balaban J connectivity index is 4.02. The van der Waals surface area contributed by atoms with E-state index in [4.69, 9.17) is 5.84 Å². The monoisotopic (exact) mass is 226 g/mol. The summed E-state index contributed by atoms with van der Waals surface area (Å²) in [4.78, 5) is 4.31. The minimum absolute atomic E-state index is 0.0459. The molecule has 0 bridgehead atoms. The van der Waals surface area contributed by atoms with Crippen LogP contribution in [0.15, 0.2) is 10.1 Å². The molecule has 0 aliphatic carbocycles. The summed E-state index contributed by atoms with van der Waals surface area (Å²) in [5.74, 6) is 5.32. The van der Waals surface area contributed by atoms with Crippen molar-refractivity contribution in [2.75, 3.05) is 13.1 Å². The SMILES string of the molecule is CC(C)(C)NCCN=CC(=NN)C(C)(C)C. The maximum atomic E-state index is 5.32. The number of hydrogen-bond donors (Lipinski definition) is 2. The standard InChI is InChI=1S/C12H26N4/c1-11(2,3)10(16-13)9-14-7-8-15-12(4,5)6/h9,15H,7-8,13H2,1-6H3. The summed E-state index contributed by atoms with van der Waals surface area (Å²) in [5, 5.41) is 7.12. The van der Waals surface area contributed by atoms with E-state index in [0.717, 1.165) is 18.8 Å². The highest BCUT2D eigenvalue weighted by Gasteiger charge is 2.16. The summed E-state index contributed by atoms with van der Waals surface area (Å²) in [6.07, 6.45) is 1.77. The van der Waals surface area contributed by atoms with Gasteiger partial charge in [-0.1, -0.05) is 20.8 Å². The van der Waals surface area contributed by atoms with Crippen LogP contribution < -0.4 is 11.2 Å². The topological polar surface area (TPSA) is 62.8 Å². The number of nitrogens with two attached hydrogens (primary N) is 1. The quantitative estimate of drug-likeness (QED) is 0.332. The van der Waals surface area contributed by atoms with Gasteiger partial charge in [-0.15, -0.1) is 0 Å². The van der Waals surface area contributed by atoms with Gasteiger partial charge in [-0.05, 0) is 20.8 Å². The Labute approximate surface area is 99.4 Å². The van der Waals surface area contributed by atoms with E-state index >= 15 is 0 Å². The number of nitrogens with one attached hydrogen (secondary N) is 1. The van der Waals surface area contributed by atoms with E-state index in [0.29, 0.717) is 0 Å². The molecule has 0 fully saturated rings. The fourth-order valence-corrected chi connectivity index (χ4v) is 1.07. The molecule has 0 aliphatic heterocycles. The van der Waals surface area contributed by atoms with Crippen molar-refractivity contribution in [1.29, 1.82) is 0 Å². The summed E-state index contributed by atoms with van der Waals surface area (Å²) >= 11 is 0. The zero-order chi connectivity index (χ0) is 12.8. The molecule has 0 aromatic rings. The number of rotatable bonds is 4. The minimum Gasteiger partial charge on any atom is -0.323 e. The molecule has 4 heteroatoms. The summed E-state index contributed by atoms with van der Waals surface area (Å²) in [6, 6.07) is 0. The van der Waals surface area contributed by atoms with Crippen LogP contribution in [0.1, 0.15) is 41.5 Å². The molecule has 0 saturated heterocycles. The Hall–Kier alpha value is -0.900. The Kier molecular flexibility index (Phi) is 5.65. The average molecular weight is 226 g/mol. The van der Waals surface area contributed by atoms with Gasteiger partial charge < -0.3 is 11.2 Å². The summed E-state index contributed by atoms with van der Waals surface area (Å²) in [7, 11) is 0. The second kappa shape index (κ2) is 5.99. The Morgan fingerprint density at radius 1 is 1.19 bits per heavy atom. The molecule has 3 N–H and O–H groups in total. The van der Waals surface area contributed by atoms with Crippen LogP contribution in [-0.4, -0.2) is 30.6 Å². The van der Waals surface area contributed by atoms with Crippen LogP contribution in [-0.2, 0) is 0 Å². The molecular formula is C12H26N4. The Bertz CT molecular complexity index is 253. The number of aliphatic imine (C=N–C) groups is 1. The molecule has 0 heterocycles. The van der Waals surface area contributed by atoms with Gasteiger partial charge in [0, 0.05) is 23.7 Å². The van der Waals surface area contributed by atoms with Crippen LogP contribution in [0, 0.1) is 5.41 Å². The van der Waals surface area contributed by atoms with Crippen molar-refractivity contribution in [1.82, 2.24) is 5.32 Å². The lowest BCUT2D eigenvalue weighted by molar-refractivity contribution is 0.433. The first kappa shape index (κ1) is 15.1. The predicted molar refractivity (Wildman–Crippen MR) is 72.2 cm³/mol. The van der Waals surface area contributed by atoms with Gasteiger partial charge in [-0.25, -0.2) is 0 Å². The van der Waals surface area contributed by atoms with E-state index < -0.39 is 0 Å². The molecule has 16 heavy (non-hydrogen) atoms. The van der Waals surface area contributed by atoms with E-state index in [1.807, 2.05) is 0 Å². The largest absolute Gasteiger partial charge is 0.323 e. The van der Waals surface area contributed by atoms with E-state index in [1.54, 1.807) is 6.21 Å². The Morgan fingerprint density at radius 3 is 2.12 bits per heavy atom. The molecule has 0 rings (SSSR count). The molecule has 0 atom stereocenters. The van der Waals surface area contributed by atoms with Crippen molar-refractivity contribution in [3.63, 3.8) is 0 Å². The molecule has 0 aromatic heterocycles. The molecular weight excluding hydrogens is 200 g/mol. The molecule has 94 valence electrons. The molecule has 0 aliphatic rings. The predicted octanol–water partition coefficient (Wildman–Crippen LogP) is 1.81. The van der Waals surface area contributed by atoms with E-state index in [-0.39, 0.29) is 11.0 Å². The van der Waals surface area contributed by atoms with Crippen molar-refractivity contribution >= 4 is 11.9 Å². The van der Waals surface area contributed by atoms with Gasteiger partial charge in [0.05, 0.1) is 12.3 Å². The third-order valence-corrected chi connectivity index (χ3v) is 2.02. The minimum atomic E-state index is -0.0459. The van der Waals surface area contributed by atoms with Gasteiger partial charge in [-0.2, -0.15) is 5.10 Å². The van der Waals surface area contributed by atoms with E-state index in [1.165, 1.54) is 0 Å². The van der Waals surface area contributed by atoms with Crippen molar-refractivity contribution in [3.8, 4) is 0 Å². The third-order valence-electron chi connectivity index (χ3n) is 2.02. The molecule has 0 saturated carbocycles. The Morgan fingerprint density at radius 2 is 1.75 bits per heavy atom. The maximum Gasteiger partial charge on any atom is 0.0831 e. The number of nitrogens with zero attached hydrogens (tertiary/aromatic N) is 2. The third kappa shape index (κ3) is 7.40. The van der Waals surface area contributed by atoms with Crippen LogP contribution in [0.25, 0.3) is 0 Å². The first-order valence-corrected chi connectivity index (χ1v) is 5.70. The summed E-state index contributed by atoms with van der Waals surface area (Å²) in [6.45, 7) is 14.2. The lowest BCUT2D eigenvalue weighted by Gasteiger charge is -2.20. The van der Waals surface area contributed by atoms with Crippen LogP contribution in [0.5, 0.6) is 0 Å². The van der Waals surface area contributed by atoms with Crippen LogP contribution in [0.4, 0.5) is 0 Å². The van der Waals surface area contributed by atoms with E-state index in [2.05, 4.69) is 57.0 Å². The highest BCUT2D eigenvalue weighted by atomic mass is 15.1. The van der Waals surface area contributed by atoms with Crippen LogP contribution in [0.3, 0.4) is 0 Å². The van der Waals surface area contributed by atoms with Crippen LogP contribution >= 0.6 is 0 Å². The van der Waals surface area contributed by atoms with Gasteiger partial charge in [-0.3, -0.25) is 4.99 Å². The highest BCUT2D eigenvalue weighted by Crippen LogP contribution is 2.13. The molecule has 0 amide bonds. The smallest absolute Gasteiger partial charge is 0.0831 e. The van der Waals surface area contributed by atoms with Crippen molar-refractivity contribution in [3.05, 3.63) is 0 Å². The molecule has 0 radical (unpaired) electrons. The van der Waals surface area contributed by atoms with Crippen molar-refractivity contribution in [2.24, 2.45) is 21.4 Å². The molecule has 4 nitrogen and oxygen atoms in total. The second-order valence-corrected chi connectivity index (χ2v) is 5.98. The zero-order valence-electron chi connectivity index (χ0n) is 11.5. The maximum absolute atomic E-state index is 5.32. The van der Waals surface area contributed by atoms with E-state index in [9.17, 15) is 0 Å². The molecule has 0 aromatic carbocycles. The summed E-state index contributed by atoms with van der Waals surface area (Å²) < 4.78 is 0. The molecule has 0 spiro atoms. The summed E-state index contributed by atoms with van der Waals surface area (Å²) in [5.41, 5.74) is 0.920. The second-order valence-electron chi connectivity index (χ2n) is 5.98. The van der Waals surface area contributed by atoms with Gasteiger partial charge in [0.1, 0.15) is 0 Å². The fraction of sp³-hybridized carbons (Fsp3) is 0.833. The number of hydrogen-bond acceptors (Lipinski definition) is 4. The van der Waals surface area contributed by atoms with Gasteiger partial charge in [0.15, 0.2) is 0 Å². The van der Waals surface area contributed by atoms with Gasteiger partial charge in [0.2, 0.25) is 0 Å². The van der Waals surface area contributed by atoms with Crippen molar-refractivity contribution < 1.29 is 0 Å². The van der Waals surface area contributed by atoms with Crippen LogP contribution in [0.2, 0.25) is 0 Å². The zero-order valence-corrected chi connectivity index (χ0v) is 11.5. The number of hydrazone groups is 1. The lowest BCUT2D eigenvalue weighted by atomic mass is 9.91. The van der Waals surface area contributed by atoms with Crippen molar-refractivity contribution in [2.45, 2.75) is 47.1 Å². The van der Waals surface area contributed by atoms with Gasteiger partial charge >= 0.3 is 0 Å². The highest BCUT2D eigenvalue weighted by molar-refractivity contribution is 6.32. The lowest BCUT2D eigenvalue weighted by Crippen LogP contribution is -2.37. The first-order chi connectivity index (χ1) is 7.17. The average Bonchev–Trinajstić information content (AvgIpc) is 2.07. The normalized spacial score (nSPS) is 14.8. The first-order valence-electron chi connectivity index (χ1n) is 5.70. The van der Waals surface area contributed by atoms with Gasteiger partial charge in [0.25, 0.3) is 0 Å². The molecule has 0 unspecified atom stereocenters. The fourth-order valence-electron chi connectivity index (χ4n) is 1.07.